The fourth-order valence-electron chi connectivity index (χ4n) is 3.71. The van der Waals surface area contributed by atoms with Crippen molar-refractivity contribution in [3.05, 3.63) is 0 Å². The van der Waals surface area contributed by atoms with Crippen LogP contribution in [0.2, 0.25) is 0 Å². The van der Waals surface area contributed by atoms with Crippen molar-refractivity contribution in [3.8, 4) is 0 Å². The van der Waals surface area contributed by atoms with E-state index < -0.39 is 35.4 Å². The second-order valence-electron chi connectivity index (χ2n) is 11.2. The zero-order valence-electron chi connectivity index (χ0n) is 31.0. The Kier molecular flexibility index (Phi) is 30.5. The number of thioether (sulfide) groups is 1. The lowest BCUT2D eigenvalue weighted by atomic mass is 10.2. The number of carbonyl (C=O) groups is 7. The Labute approximate surface area is 318 Å². The molecule has 23 heteroatoms. The van der Waals surface area contributed by atoms with Crippen LogP contribution in [0.15, 0.2) is 0 Å². The second kappa shape index (κ2) is 32.7. The number of nitrogens with zero attached hydrogens (tertiary/aromatic N) is 4. The number of hydroxylamine groups is 8. The van der Waals surface area contributed by atoms with Crippen molar-refractivity contribution in [2.75, 3.05) is 104 Å². The van der Waals surface area contributed by atoms with Gasteiger partial charge in [-0.2, -0.15) is 0 Å². The van der Waals surface area contributed by atoms with Gasteiger partial charge in [0.2, 0.25) is 41.4 Å². The summed E-state index contributed by atoms with van der Waals surface area (Å²) in [6.07, 6.45) is -0.00733. The average molecular weight is 800 g/mol. The molecule has 7 N–H and O–H groups in total. The van der Waals surface area contributed by atoms with Crippen LogP contribution in [0.5, 0.6) is 0 Å². The maximum absolute atomic E-state index is 12.1. The molecule has 0 aromatic heterocycles. The Morgan fingerprint density at radius 3 is 1.35 bits per heavy atom. The Balaban J connectivity index is 3.80. The van der Waals surface area contributed by atoms with Gasteiger partial charge in [0.05, 0.1) is 83.9 Å². The predicted octanol–water partition coefficient (Wildman–Crippen LogP) is -1.66. The van der Waals surface area contributed by atoms with Crippen molar-refractivity contribution in [2.24, 2.45) is 0 Å². The Morgan fingerprint density at radius 1 is 0.500 bits per heavy atom. The van der Waals surface area contributed by atoms with E-state index in [1.807, 2.05) is 6.92 Å². The first-order valence-corrected chi connectivity index (χ1v) is 18.6. The topological polar surface area (TPSA) is 286 Å². The molecule has 0 aliphatic rings. The summed E-state index contributed by atoms with van der Waals surface area (Å²) in [5.74, 6) is -3.71. The lowest BCUT2D eigenvalue weighted by Gasteiger charge is -2.16. The molecule has 0 bridgehead atoms. The van der Waals surface area contributed by atoms with Gasteiger partial charge in [-0.05, 0) is 6.42 Å². The van der Waals surface area contributed by atoms with Gasteiger partial charge in [-0.1, -0.05) is 6.92 Å². The molecule has 312 valence electrons. The van der Waals surface area contributed by atoms with Crippen molar-refractivity contribution >= 4 is 53.1 Å². The van der Waals surface area contributed by atoms with Gasteiger partial charge in [0, 0.05) is 58.8 Å². The average Bonchev–Trinajstić information content (AvgIpc) is 3.14. The standard InChI is InChI=1S/C31H57N7O15S/c1-3-15-50-16-8-31(45)38(49)24-54-23-28(42)34-11-19-53-22-14-37(48)30(44)7-5-27(41)33-10-18-52-21-13-36(47)29(43)6-4-26(40)32-9-17-51-20-12-35(46)25(2)39/h46-49H,3-24H2,1-2H3,(H,32,40)(H,33,41)(H,34,42). The van der Waals surface area contributed by atoms with Crippen LogP contribution in [0.3, 0.4) is 0 Å². The minimum atomic E-state index is -0.697. The molecular formula is C31H57N7O15S. The largest absolute Gasteiger partial charge is 0.381 e. The highest BCUT2D eigenvalue weighted by Crippen LogP contribution is 2.04. The first-order chi connectivity index (χ1) is 25.8. The predicted molar refractivity (Wildman–Crippen MR) is 188 cm³/mol. The fourth-order valence-corrected chi connectivity index (χ4v) is 4.41. The van der Waals surface area contributed by atoms with Gasteiger partial charge in [-0.3, -0.25) is 54.4 Å². The summed E-state index contributed by atoms with van der Waals surface area (Å²) >= 11 is 1.05. The molecule has 0 radical (unpaired) electrons. The van der Waals surface area contributed by atoms with E-state index in [0.717, 1.165) is 18.2 Å². The molecule has 0 heterocycles. The number of hydrogen-bond donors (Lipinski definition) is 7. The van der Waals surface area contributed by atoms with Crippen molar-refractivity contribution in [1.82, 2.24) is 36.2 Å². The minimum Gasteiger partial charge on any atom is -0.381 e. The normalized spacial score (nSPS) is 10.7. The molecule has 0 aromatic carbocycles. The van der Waals surface area contributed by atoms with Gasteiger partial charge >= 0.3 is 0 Å². The molecule has 0 aliphatic carbocycles. The van der Waals surface area contributed by atoms with E-state index in [1.165, 1.54) is 6.92 Å². The highest BCUT2D eigenvalue weighted by molar-refractivity contribution is 7.99. The molecule has 22 nitrogen and oxygen atoms in total. The summed E-state index contributed by atoms with van der Waals surface area (Å²) < 4.78 is 20.9. The number of rotatable bonds is 33. The highest BCUT2D eigenvalue weighted by atomic mass is 32.2. The summed E-state index contributed by atoms with van der Waals surface area (Å²) in [4.78, 5) is 82.4. The zero-order chi connectivity index (χ0) is 40.6. The Morgan fingerprint density at radius 2 is 0.907 bits per heavy atom. The maximum Gasteiger partial charge on any atom is 0.249 e. The van der Waals surface area contributed by atoms with Crippen LogP contribution in [-0.2, 0) is 52.5 Å². The van der Waals surface area contributed by atoms with Crippen LogP contribution in [0.25, 0.3) is 0 Å². The van der Waals surface area contributed by atoms with E-state index in [-0.39, 0.29) is 135 Å². The van der Waals surface area contributed by atoms with Crippen molar-refractivity contribution in [2.45, 2.75) is 52.4 Å². The third kappa shape index (κ3) is 28.8. The molecule has 7 amide bonds. The molecule has 0 aromatic rings. The molecule has 0 spiro atoms. The van der Waals surface area contributed by atoms with Crippen LogP contribution in [0.4, 0.5) is 0 Å². The molecule has 0 aliphatic heterocycles. The Hall–Kier alpha value is -3.68. The number of ether oxygens (including phenoxy) is 4. The SMILES string of the molecule is CCCOCCC(=O)N(O)CSCC(=O)NCCOCCN(O)C(=O)CCC(=O)NCCOCCN(O)C(=O)CCC(=O)NCCOCCN(O)C(C)=O. The fraction of sp³-hybridized carbons (Fsp3) is 0.774. The molecule has 0 fully saturated rings. The van der Waals surface area contributed by atoms with Crippen molar-refractivity contribution in [1.29, 1.82) is 0 Å². The number of hydrogen-bond acceptors (Lipinski definition) is 16. The van der Waals surface area contributed by atoms with Gasteiger partial charge in [-0.15, -0.1) is 11.8 Å². The minimum absolute atomic E-state index is 0.00476. The number of nitrogens with one attached hydrogen (secondary N) is 3. The quantitative estimate of drug-likeness (QED) is 0.0169. The zero-order valence-corrected chi connectivity index (χ0v) is 31.8. The smallest absolute Gasteiger partial charge is 0.249 e. The van der Waals surface area contributed by atoms with Gasteiger partial charge in [0.25, 0.3) is 0 Å². The van der Waals surface area contributed by atoms with Gasteiger partial charge in [-0.25, -0.2) is 20.3 Å². The van der Waals surface area contributed by atoms with Crippen molar-refractivity contribution in [3.63, 3.8) is 0 Å². The van der Waals surface area contributed by atoms with Gasteiger partial charge in [0.15, 0.2) is 0 Å². The number of amides is 7. The summed E-state index contributed by atoms with van der Waals surface area (Å²) in [6.45, 7) is 4.23. The van der Waals surface area contributed by atoms with E-state index >= 15 is 0 Å². The van der Waals surface area contributed by atoms with Crippen LogP contribution >= 0.6 is 11.8 Å². The molecule has 54 heavy (non-hydrogen) atoms. The van der Waals surface area contributed by atoms with Gasteiger partial charge < -0.3 is 34.9 Å². The first kappa shape index (κ1) is 50.3. The lowest BCUT2D eigenvalue weighted by Crippen LogP contribution is -2.34. The third-order valence-electron chi connectivity index (χ3n) is 6.66. The molecular weight excluding hydrogens is 742 g/mol. The van der Waals surface area contributed by atoms with Crippen LogP contribution in [0.1, 0.15) is 52.4 Å². The van der Waals surface area contributed by atoms with E-state index in [0.29, 0.717) is 26.9 Å². The van der Waals surface area contributed by atoms with E-state index in [2.05, 4.69) is 16.0 Å². The summed E-state index contributed by atoms with van der Waals surface area (Å²) in [6, 6.07) is 0. The molecule has 0 saturated carbocycles. The van der Waals surface area contributed by atoms with Crippen LogP contribution < -0.4 is 16.0 Å². The summed E-state index contributed by atoms with van der Waals surface area (Å²) in [7, 11) is 0. The summed E-state index contributed by atoms with van der Waals surface area (Å²) in [5, 5.41) is 48.2. The molecule has 0 atom stereocenters. The maximum atomic E-state index is 12.1. The van der Waals surface area contributed by atoms with E-state index in [1.54, 1.807) is 0 Å². The van der Waals surface area contributed by atoms with Crippen molar-refractivity contribution < 1.29 is 73.3 Å². The summed E-state index contributed by atoms with van der Waals surface area (Å²) in [5.41, 5.74) is 0. The van der Waals surface area contributed by atoms with Gasteiger partial charge in [0.1, 0.15) is 0 Å². The molecule has 0 saturated heterocycles. The van der Waals surface area contributed by atoms with Crippen LogP contribution in [0, 0.1) is 0 Å². The Bertz CT molecular complexity index is 1120. The second-order valence-corrected chi connectivity index (χ2v) is 12.2. The van der Waals surface area contributed by atoms with Crippen LogP contribution in [-0.4, -0.2) is 186 Å². The highest BCUT2D eigenvalue weighted by Gasteiger charge is 2.15. The lowest BCUT2D eigenvalue weighted by molar-refractivity contribution is -0.168. The van der Waals surface area contributed by atoms with E-state index in [9.17, 15) is 54.4 Å². The molecule has 0 rings (SSSR count). The third-order valence-corrected chi connectivity index (χ3v) is 7.56. The monoisotopic (exact) mass is 799 g/mol. The van der Waals surface area contributed by atoms with E-state index in [4.69, 9.17) is 18.9 Å². The molecule has 0 unspecified atom stereocenters. The first-order valence-electron chi connectivity index (χ1n) is 17.4. The number of carbonyl (C=O) groups excluding carboxylic acids is 7.